The summed E-state index contributed by atoms with van der Waals surface area (Å²) in [7, 11) is -1.27. The van der Waals surface area contributed by atoms with Crippen molar-refractivity contribution in [1.29, 1.82) is 0 Å². The van der Waals surface area contributed by atoms with Gasteiger partial charge in [-0.05, 0) is 50.2 Å². The van der Waals surface area contributed by atoms with Crippen LogP contribution in [-0.4, -0.2) is 56.6 Å². The van der Waals surface area contributed by atoms with Gasteiger partial charge in [0.1, 0.15) is 11.6 Å². The van der Waals surface area contributed by atoms with Crippen LogP contribution in [0.4, 0.5) is 10.2 Å². The first-order valence-corrected chi connectivity index (χ1v) is 14.3. The molecule has 1 N–H and O–H groups in total. The lowest BCUT2D eigenvalue weighted by Crippen LogP contribution is -2.45. The Labute approximate surface area is 233 Å². The third-order valence-corrected chi connectivity index (χ3v) is 7.43. The van der Waals surface area contributed by atoms with Crippen LogP contribution < -0.4 is 10.2 Å². The van der Waals surface area contributed by atoms with Crippen molar-refractivity contribution in [2.24, 2.45) is 0 Å². The SMILES string of the molecule is C[C@@H]1CN(c2cc(F)cc(-c3ccc4cnc(CNC(=O)c5cc(Cl)cc(S(C)=O)c5)cc4n3)n2)C[C@H](C)O1. The summed E-state index contributed by atoms with van der Waals surface area (Å²) in [5, 5.41) is 3.94. The van der Waals surface area contributed by atoms with Gasteiger partial charge in [-0.1, -0.05) is 11.6 Å². The summed E-state index contributed by atoms with van der Waals surface area (Å²) in [5.41, 5.74) is 2.49. The van der Waals surface area contributed by atoms with E-state index in [0.717, 1.165) is 5.39 Å². The molecule has 3 aromatic heterocycles. The summed E-state index contributed by atoms with van der Waals surface area (Å²) in [6.07, 6.45) is 3.23. The monoisotopic (exact) mass is 567 g/mol. The Morgan fingerprint density at radius 1 is 1.10 bits per heavy atom. The number of hydrogen-bond acceptors (Lipinski definition) is 7. The maximum absolute atomic E-state index is 14.6. The Morgan fingerprint density at radius 3 is 2.62 bits per heavy atom. The number of benzene rings is 1. The normalized spacial score (nSPS) is 18.2. The number of amides is 1. The lowest BCUT2D eigenvalue weighted by Gasteiger charge is -2.36. The number of carbonyl (C=O) groups is 1. The third kappa shape index (κ3) is 6.41. The molecule has 1 unspecified atom stereocenters. The van der Waals surface area contributed by atoms with Crippen LogP contribution in [0.5, 0.6) is 0 Å². The van der Waals surface area contributed by atoms with E-state index >= 15 is 0 Å². The van der Waals surface area contributed by atoms with Gasteiger partial charge in [0.2, 0.25) is 0 Å². The van der Waals surface area contributed by atoms with Crippen LogP contribution in [0.15, 0.2) is 59.6 Å². The van der Waals surface area contributed by atoms with Crippen molar-refractivity contribution in [2.75, 3.05) is 24.2 Å². The highest BCUT2D eigenvalue weighted by Crippen LogP contribution is 2.26. The quantitative estimate of drug-likeness (QED) is 0.358. The van der Waals surface area contributed by atoms with E-state index in [-0.39, 0.29) is 24.7 Å². The molecular weight excluding hydrogens is 541 g/mol. The molecule has 5 rings (SSSR count). The zero-order chi connectivity index (χ0) is 27.7. The summed E-state index contributed by atoms with van der Waals surface area (Å²) in [6.45, 7) is 5.37. The van der Waals surface area contributed by atoms with Gasteiger partial charge in [-0.2, -0.15) is 0 Å². The number of ether oxygens (including phenoxy) is 1. The molecule has 1 fully saturated rings. The van der Waals surface area contributed by atoms with Gasteiger partial charge in [-0.3, -0.25) is 14.0 Å². The minimum Gasteiger partial charge on any atom is -0.372 e. The summed E-state index contributed by atoms with van der Waals surface area (Å²) in [6, 6.07) is 12.9. The Balaban J connectivity index is 1.37. The molecule has 0 aliphatic carbocycles. The average Bonchev–Trinajstić information content (AvgIpc) is 2.90. The van der Waals surface area contributed by atoms with Crippen LogP contribution >= 0.6 is 11.6 Å². The molecule has 1 amide bonds. The van der Waals surface area contributed by atoms with Crippen molar-refractivity contribution in [2.45, 2.75) is 37.5 Å². The van der Waals surface area contributed by atoms with Gasteiger partial charge in [-0.15, -0.1) is 0 Å². The molecule has 1 aliphatic heterocycles. The molecule has 1 saturated heterocycles. The largest absolute Gasteiger partial charge is 0.372 e. The van der Waals surface area contributed by atoms with E-state index in [1.165, 1.54) is 24.5 Å². The molecule has 0 spiro atoms. The second-order valence-corrected chi connectivity index (χ2v) is 11.4. The fourth-order valence-electron chi connectivity index (χ4n) is 4.57. The number of hydrogen-bond donors (Lipinski definition) is 1. The highest BCUT2D eigenvalue weighted by Gasteiger charge is 2.24. The van der Waals surface area contributed by atoms with Crippen LogP contribution in [0.25, 0.3) is 22.3 Å². The van der Waals surface area contributed by atoms with Gasteiger partial charge in [0.05, 0.1) is 41.4 Å². The smallest absolute Gasteiger partial charge is 0.251 e. The molecule has 0 bridgehead atoms. The van der Waals surface area contributed by atoms with Crippen molar-refractivity contribution < 1.29 is 18.1 Å². The molecule has 4 heterocycles. The van der Waals surface area contributed by atoms with E-state index in [1.807, 2.05) is 24.8 Å². The Hall–Kier alpha value is -3.47. The summed E-state index contributed by atoms with van der Waals surface area (Å²) in [4.78, 5) is 29.1. The van der Waals surface area contributed by atoms with E-state index in [0.29, 0.717) is 57.0 Å². The highest BCUT2D eigenvalue weighted by atomic mass is 35.5. The summed E-state index contributed by atoms with van der Waals surface area (Å²) in [5.74, 6) is -0.211. The Bertz CT molecular complexity index is 1580. The number of morpholine rings is 1. The lowest BCUT2D eigenvalue weighted by molar-refractivity contribution is -0.00547. The molecule has 202 valence electrons. The molecular formula is C28H27ClFN5O3S. The van der Waals surface area contributed by atoms with E-state index < -0.39 is 16.6 Å². The number of rotatable bonds is 6. The van der Waals surface area contributed by atoms with Crippen LogP contribution in [-0.2, 0) is 22.1 Å². The molecule has 1 aromatic carbocycles. The maximum Gasteiger partial charge on any atom is 0.251 e. The molecule has 3 atom stereocenters. The maximum atomic E-state index is 14.6. The van der Waals surface area contributed by atoms with Gasteiger partial charge in [0, 0.05) is 69.3 Å². The first-order valence-electron chi connectivity index (χ1n) is 12.4. The van der Waals surface area contributed by atoms with Crippen molar-refractivity contribution in [1.82, 2.24) is 20.3 Å². The number of carbonyl (C=O) groups excluding carboxylic acids is 1. The standard InChI is InChI=1S/C28H27ClFN5O3S/c1-16-14-35(15-17(2)38-16)27-10-21(30)9-26(34-27)24-5-4-18-12-31-22(11-25(18)33-24)13-32-28(36)19-6-20(29)8-23(7-19)39(3)37/h4-12,16-17H,13-15H2,1-3H3,(H,32,36)/t16-,17+,39?. The molecule has 1 aliphatic rings. The number of fused-ring (bicyclic) bond motifs is 1. The first-order chi connectivity index (χ1) is 18.6. The number of anilines is 1. The fraction of sp³-hybridized carbons (Fsp3) is 0.286. The van der Waals surface area contributed by atoms with Crippen molar-refractivity contribution in [3.8, 4) is 11.4 Å². The van der Waals surface area contributed by atoms with Gasteiger partial charge in [0.15, 0.2) is 0 Å². The zero-order valence-electron chi connectivity index (χ0n) is 21.6. The first kappa shape index (κ1) is 27.1. The van der Waals surface area contributed by atoms with E-state index in [4.69, 9.17) is 26.3 Å². The topological polar surface area (TPSA) is 97.3 Å². The Morgan fingerprint density at radius 2 is 1.87 bits per heavy atom. The minimum atomic E-state index is -1.27. The van der Waals surface area contributed by atoms with Crippen molar-refractivity contribution in [3.05, 3.63) is 76.8 Å². The minimum absolute atomic E-state index is 0.0176. The number of halogens is 2. The number of nitrogens with one attached hydrogen (secondary N) is 1. The predicted molar refractivity (Wildman–Crippen MR) is 150 cm³/mol. The van der Waals surface area contributed by atoms with Gasteiger partial charge in [-0.25, -0.2) is 14.4 Å². The highest BCUT2D eigenvalue weighted by molar-refractivity contribution is 7.84. The predicted octanol–water partition coefficient (Wildman–Crippen LogP) is 4.77. The molecule has 39 heavy (non-hydrogen) atoms. The summed E-state index contributed by atoms with van der Waals surface area (Å²) >= 11 is 6.09. The molecule has 4 aromatic rings. The molecule has 0 saturated carbocycles. The van der Waals surface area contributed by atoms with Crippen LogP contribution in [0.1, 0.15) is 29.9 Å². The van der Waals surface area contributed by atoms with Crippen molar-refractivity contribution in [3.63, 3.8) is 0 Å². The third-order valence-electron chi connectivity index (χ3n) is 6.31. The van der Waals surface area contributed by atoms with Crippen molar-refractivity contribution >= 4 is 45.0 Å². The van der Waals surface area contributed by atoms with E-state index in [1.54, 1.807) is 30.5 Å². The number of nitrogens with zero attached hydrogens (tertiary/aromatic N) is 4. The van der Waals surface area contributed by atoms with Gasteiger partial charge >= 0.3 is 0 Å². The van der Waals surface area contributed by atoms with Crippen LogP contribution in [0.3, 0.4) is 0 Å². The van der Waals surface area contributed by atoms with Gasteiger partial charge < -0.3 is 15.0 Å². The van der Waals surface area contributed by atoms with Crippen LogP contribution in [0.2, 0.25) is 5.02 Å². The molecule has 8 nitrogen and oxygen atoms in total. The Kier molecular flexibility index (Phi) is 7.88. The average molecular weight is 568 g/mol. The van der Waals surface area contributed by atoms with E-state index in [2.05, 4.69) is 10.3 Å². The summed E-state index contributed by atoms with van der Waals surface area (Å²) < 4.78 is 32.3. The van der Waals surface area contributed by atoms with E-state index in [9.17, 15) is 13.4 Å². The van der Waals surface area contributed by atoms with Crippen LogP contribution in [0, 0.1) is 5.82 Å². The molecule has 11 heteroatoms. The molecule has 0 radical (unpaired) electrons. The number of pyridine rings is 3. The number of aromatic nitrogens is 3. The second kappa shape index (κ2) is 11.3. The fourth-order valence-corrected chi connectivity index (χ4v) is 5.46. The van der Waals surface area contributed by atoms with Gasteiger partial charge in [0.25, 0.3) is 5.91 Å². The lowest BCUT2D eigenvalue weighted by atomic mass is 10.1. The second-order valence-electron chi connectivity index (χ2n) is 9.57. The zero-order valence-corrected chi connectivity index (χ0v) is 23.2.